The molecule has 0 saturated carbocycles. The molecule has 20 heavy (non-hydrogen) atoms. The van der Waals surface area contributed by atoms with Crippen LogP contribution in [0.3, 0.4) is 0 Å². The molecule has 0 unspecified atom stereocenters. The minimum absolute atomic E-state index is 0.0287. The maximum Gasteiger partial charge on any atom is 0.141 e. The zero-order valence-electron chi connectivity index (χ0n) is 11.7. The molecule has 0 bridgehead atoms. The van der Waals surface area contributed by atoms with Crippen molar-refractivity contribution in [2.75, 3.05) is 7.11 Å². The van der Waals surface area contributed by atoms with Crippen LogP contribution in [-0.2, 0) is 17.6 Å². The molecule has 0 N–H and O–H groups in total. The van der Waals surface area contributed by atoms with Crippen LogP contribution in [0.2, 0.25) is 0 Å². The van der Waals surface area contributed by atoms with Gasteiger partial charge in [-0.3, -0.25) is 4.79 Å². The molecule has 3 heteroatoms. The lowest BCUT2D eigenvalue weighted by atomic mass is 10.0. The number of rotatable bonds is 5. The summed E-state index contributed by atoms with van der Waals surface area (Å²) in [6.07, 6.45) is 0.350. The maximum atomic E-state index is 13.5. The molecule has 0 aliphatic rings. The summed E-state index contributed by atoms with van der Waals surface area (Å²) >= 11 is 0. The minimum Gasteiger partial charge on any atom is -0.496 e. The Labute approximate surface area is 118 Å². The summed E-state index contributed by atoms with van der Waals surface area (Å²) in [5, 5.41) is 0. The van der Waals surface area contributed by atoms with Crippen LogP contribution in [0.1, 0.15) is 16.7 Å². The SMILES string of the molecule is COc1ccc(C)cc1CC(=O)Cc1ccccc1F. The second kappa shape index (κ2) is 6.33. The van der Waals surface area contributed by atoms with Crippen LogP contribution in [0.25, 0.3) is 0 Å². The van der Waals surface area contributed by atoms with Crippen molar-refractivity contribution in [3.8, 4) is 5.75 Å². The molecule has 2 aromatic rings. The normalized spacial score (nSPS) is 10.3. The van der Waals surface area contributed by atoms with Crippen molar-refractivity contribution < 1.29 is 13.9 Å². The zero-order chi connectivity index (χ0) is 14.5. The van der Waals surface area contributed by atoms with Crippen molar-refractivity contribution in [1.82, 2.24) is 0 Å². The molecular weight excluding hydrogens is 255 g/mol. The largest absolute Gasteiger partial charge is 0.496 e. The molecule has 2 aromatic carbocycles. The summed E-state index contributed by atoms with van der Waals surface area (Å²) in [6, 6.07) is 12.1. The highest BCUT2D eigenvalue weighted by Crippen LogP contribution is 2.21. The summed E-state index contributed by atoms with van der Waals surface area (Å²) in [4.78, 5) is 12.1. The van der Waals surface area contributed by atoms with Crippen LogP contribution in [0.4, 0.5) is 4.39 Å². The van der Waals surface area contributed by atoms with E-state index in [0.717, 1.165) is 11.1 Å². The van der Waals surface area contributed by atoms with E-state index in [2.05, 4.69) is 0 Å². The van der Waals surface area contributed by atoms with E-state index < -0.39 is 0 Å². The standard InChI is InChI=1S/C17H17FO2/c1-12-7-8-17(20-2)14(9-12)11-15(19)10-13-5-3-4-6-16(13)18/h3-9H,10-11H2,1-2H3. The van der Waals surface area contributed by atoms with Gasteiger partial charge >= 0.3 is 0 Å². The molecule has 0 amide bonds. The number of benzene rings is 2. The molecule has 0 aliphatic carbocycles. The monoisotopic (exact) mass is 272 g/mol. The van der Waals surface area contributed by atoms with Gasteiger partial charge in [0.2, 0.25) is 0 Å². The van der Waals surface area contributed by atoms with E-state index in [4.69, 9.17) is 4.74 Å². The average Bonchev–Trinajstić information content (AvgIpc) is 2.41. The number of methoxy groups -OCH3 is 1. The summed E-state index contributed by atoms with van der Waals surface area (Å²) in [5.41, 5.74) is 2.34. The van der Waals surface area contributed by atoms with Crippen molar-refractivity contribution in [2.45, 2.75) is 19.8 Å². The smallest absolute Gasteiger partial charge is 0.141 e. The molecule has 2 nitrogen and oxygen atoms in total. The van der Waals surface area contributed by atoms with Gasteiger partial charge in [-0.05, 0) is 24.6 Å². The first kappa shape index (κ1) is 14.3. The summed E-state index contributed by atoms with van der Waals surface area (Å²) in [5.74, 6) is 0.327. The van der Waals surface area contributed by atoms with Crippen LogP contribution in [0.15, 0.2) is 42.5 Å². The summed E-state index contributed by atoms with van der Waals surface area (Å²) < 4.78 is 18.8. The number of aryl methyl sites for hydroxylation is 1. The molecule has 0 atom stereocenters. The second-order valence-corrected chi connectivity index (χ2v) is 4.80. The van der Waals surface area contributed by atoms with E-state index >= 15 is 0 Å². The van der Waals surface area contributed by atoms with Crippen LogP contribution in [-0.4, -0.2) is 12.9 Å². The van der Waals surface area contributed by atoms with Gasteiger partial charge in [0.15, 0.2) is 0 Å². The Morgan fingerprint density at radius 2 is 1.80 bits per heavy atom. The fraction of sp³-hybridized carbons (Fsp3) is 0.235. The number of carbonyl (C=O) groups excluding carboxylic acids is 1. The first-order chi connectivity index (χ1) is 9.60. The highest BCUT2D eigenvalue weighted by atomic mass is 19.1. The lowest BCUT2D eigenvalue weighted by molar-refractivity contribution is -0.117. The third-order valence-electron chi connectivity index (χ3n) is 3.17. The summed E-state index contributed by atoms with van der Waals surface area (Å²) in [6.45, 7) is 1.96. The van der Waals surface area contributed by atoms with Gasteiger partial charge in [-0.2, -0.15) is 0 Å². The Morgan fingerprint density at radius 3 is 2.50 bits per heavy atom. The lowest BCUT2D eigenvalue weighted by Crippen LogP contribution is -2.09. The second-order valence-electron chi connectivity index (χ2n) is 4.80. The molecular formula is C17H17FO2. The fourth-order valence-corrected chi connectivity index (χ4v) is 2.17. The Bertz CT molecular complexity index is 620. The number of ether oxygens (including phenoxy) is 1. The van der Waals surface area contributed by atoms with Crippen molar-refractivity contribution in [1.29, 1.82) is 0 Å². The zero-order valence-corrected chi connectivity index (χ0v) is 11.7. The third kappa shape index (κ3) is 3.44. The summed E-state index contributed by atoms with van der Waals surface area (Å²) in [7, 11) is 1.58. The van der Waals surface area contributed by atoms with Crippen molar-refractivity contribution in [2.24, 2.45) is 0 Å². The molecule has 104 valence electrons. The van der Waals surface area contributed by atoms with E-state index in [0.29, 0.717) is 11.3 Å². The lowest BCUT2D eigenvalue weighted by Gasteiger charge is -2.09. The molecule has 0 spiro atoms. The molecule has 0 saturated heterocycles. The molecule has 0 fully saturated rings. The van der Waals surface area contributed by atoms with Crippen LogP contribution in [0, 0.1) is 12.7 Å². The van der Waals surface area contributed by atoms with Crippen molar-refractivity contribution >= 4 is 5.78 Å². The van der Waals surface area contributed by atoms with Crippen LogP contribution >= 0.6 is 0 Å². The number of hydrogen-bond donors (Lipinski definition) is 0. The van der Waals surface area contributed by atoms with Crippen LogP contribution < -0.4 is 4.74 Å². The topological polar surface area (TPSA) is 26.3 Å². The Hall–Kier alpha value is -2.16. The van der Waals surface area contributed by atoms with Gasteiger partial charge in [0.25, 0.3) is 0 Å². The molecule has 0 radical (unpaired) electrons. The number of halogens is 1. The van der Waals surface area contributed by atoms with Crippen molar-refractivity contribution in [3.05, 3.63) is 65.0 Å². The third-order valence-corrected chi connectivity index (χ3v) is 3.17. The van der Waals surface area contributed by atoms with E-state index in [1.165, 1.54) is 6.07 Å². The van der Waals surface area contributed by atoms with Crippen molar-refractivity contribution in [3.63, 3.8) is 0 Å². The van der Waals surface area contributed by atoms with Gasteiger partial charge in [0.1, 0.15) is 17.3 Å². The van der Waals surface area contributed by atoms with Gasteiger partial charge in [0.05, 0.1) is 7.11 Å². The van der Waals surface area contributed by atoms with E-state index in [1.54, 1.807) is 25.3 Å². The first-order valence-corrected chi connectivity index (χ1v) is 6.49. The Kier molecular flexibility index (Phi) is 4.51. The Morgan fingerprint density at radius 1 is 1.10 bits per heavy atom. The van der Waals surface area contributed by atoms with E-state index in [9.17, 15) is 9.18 Å². The average molecular weight is 272 g/mol. The maximum absolute atomic E-state index is 13.5. The van der Waals surface area contributed by atoms with Gasteiger partial charge in [-0.1, -0.05) is 35.9 Å². The minimum atomic E-state index is -0.336. The van der Waals surface area contributed by atoms with Gasteiger partial charge in [-0.25, -0.2) is 4.39 Å². The van der Waals surface area contributed by atoms with Crippen LogP contribution in [0.5, 0.6) is 5.75 Å². The highest BCUT2D eigenvalue weighted by Gasteiger charge is 2.11. The molecule has 0 heterocycles. The highest BCUT2D eigenvalue weighted by molar-refractivity contribution is 5.83. The van der Waals surface area contributed by atoms with Gasteiger partial charge in [0, 0.05) is 18.4 Å². The van der Waals surface area contributed by atoms with E-state index in [1.807, 2.05) is 25.1 Å². The quantitative estimate of drug-likeness (QED) is 0.832. The number of carbonyl (C=O) groups is 1. The number of Topliss-reactive ketones (excluding diaryl/α,β-unsaturated/α-hetero) is 1. The van der Waals surface area contributed by atoms with E-state index in [-0.39, 0.29) is 24.4 Å². The Balaban J connectivity index is 2.12. The molecule has 2 rings (SSSR count). The molecule has 0 aromatic heterocycles. The predicted octanol–water partition coefficient (Wildman–Crippen LogP) is 3.50. The number of hydrogen-bond acceptors (Lipinski definition) is 2. The predicted molar refractivity (Wildman–Crippen MR) is 76.5 cm³/mol. The fourth-order valence-electron chi connectivity index (χ4n) is 2.17. The number of ketones is 1. The van der Waals surface area contributed by atoms with Gasteiger partial charge < -0.3 is 4.74 Å². The molecule has 0 aliphatic heterocycles. The van der Waals surface area contributed by atoms with Gasteiger partial charge in [-0.15, -0.1) is 0 Å². The first-order valence-electron chi connectivity index (χ1n) is 6.49.